The van der Waals surface area contributed by atoms with E-state index in [0.29, 0.717) is 12.5 Å². The number of aromatic nitrogens is 2. The van der Waals surface area contributed by atoms with E-state index in [4.69, 9.17) is 4.74 Å². The van der Waals surface area contributed by atoms with E-state index in [1.165, 1.54) is 0 Å². The number of rotatable bonds is 3. The van der Waals surface area contributed by atoms with Gasteiger partial charge in [-0.15, -0.1) is 0 Å². The van der Waals surface area contributed by atoms with Crippen molar-refractivity contribution in [3.05, 3.63) is 23.5 Å². The SMILES string of the molecule is COCc1ccc(C(C)C)nn1. The maximum Gasteiger partial charge on any atom is 0.0902 e. The molecule has 0 aliphatic carbocycles. The molecule has 1 heterocycles. The maximum absolute atomic E-state index is 4.93. The fraction of sp³-hybridized carbons (Fsp3) is 0.556. The third kappa shape index (κ3) is 2.27. The molecule has 0 aromatic carbocycles. The number of methoxy groups -OCH3 is 1. The average Bonchev–Trinajstić information content (AvgIpc) is 2.06. The van der Waals surface area contributed by atoms with Crippen molar-refractivity contribution >= 4 is 0 Å². The highest BCUT2D eigenvalue weighted by molar-refractivity contribution is 5.08. The Kier molecular flexibility index (Phi) is 3.17. The van der Waals surface area contributed by atoms with Gasteiger partial charge in [-0.05, 0) is 18.1 Å². The lowest BCUT2D eigenvalue weighted by Crippen LogP contribution is -1.99. The van der Waals surface area contributed by atoms with Crippen LogP contribution < -0.4 is 0 Å². The molecule has 3 nitrogen and oxygen atoms in total. The second-order valence-electron chi connectivity index (χ2n) is 3.04. The van der Waals surface area contributed by atoms with Crippen LogP contribution in [0.25, 0.3) is 0 Å². The van der Waals surface area contributed by atoms with Crippen molar-refractivity contribution in [2.45, 2.75) is 26.4 Å². The van der Waals surface area contributed by atoms with E-state index in [-0.39, 0.29) is 0 Å². The number of ether oxygens (including phenoxy) is 1. The van der Waals surface area contributed by atoms with Crippen LogP contribution in [0.15, 0.2) is 12.1 Å². The second kappa shape index (κ2) is 4.16. The summed E-state index contributed by atoms with van der Waals surface area (Å²) in [4.78, 5) is 0. The lowest BCUT2D eigenvalue weighted by Gasteiger charge is -2.03. The van der Waals surface area contributed by atoms with Gasteiger partial charge in [0.15, 0.2) is 0 Å². The molecule has 0 spiro atoms. The first kappa shape index (κ1) is 9.13. The van der Waals surface area contributed by atoms with Gasteiger partial charge in [-0.3, -0.25) is 0 Å². The van der Waals surface area contributed by atoms with Crippen LogP contribution in [0.4, 0.5) is 0 Å². The van der Waals surface area contributed by atoms with Crippen LogP contribution in [0, 0.1) is 0 Å². The third-order valence-corrected chi connectivity index (χ3v) is 1.62. The van der Waals surface area contributed by atoms with Crippen molar-refractivity contribution in [3.8, 4) is 0 Å². The molecule has 0 amide bonds. The van der Waals surface area contributed by atoms with Crippen LogP contribution in [0.2, 0.25) is 0 Å². The van der Waals surface area contributed by atoms with E-state index < -0.39 is 0 Å². The van der Waals surface area contributed by atoms with E-state index in [1.54, 1.807) is 7.11 Å². The van der Waals surface area contributed by atoms with Gasteiger partial charge >= 0.3 is 0 Å². The van der Waals surface area contributed by atoms with Gasteiger partial charge in [-0.25, -0.2) is 0 Å². The van der Waals surface area contributed by atoms with Gasteiger partial charge < -0.3 is 4.74 Å². The van der Waals surface area contributed by atoms with E-state index in [9.17, 15) is 0 Å². The molecule has 1 rings (SSSR count). The molecule has 0 atom stereocenters. The molecule has 12 heavy (non-hydrogen) atoms. The molecule has 66 valence electrons. The molecule has 0 aliphatic heterocycles. The van der Waals surface area contributed by atoms with Gasteiger partial charge in [0.1, 0.15) is 0 Å². The van der Waals surface area contributed by atoms with Gasteiger partial charge in [-0.1, -0.05) is 13.8 Å². The Labute approximate surface area is 72.8 Å². The zero-order chi connectivity index (χ0) is 8.97. The molecule has 0 radical (unpaired) electrons. The minimum absolute atomic E-state index is 0.439. The van der Waals surface area contributed by atoms with E-state index in [2.05, 4.69) is 24.0 Å². The fourth-order valence-electron chi connectivity index (χ4n) is 0.903. The third-order valence-electron chi connectivity index (χ3n) is 1.62. The van der Waals surface area contributed by atoms with Crippen LogP contribution in [0.3, 0.4) is 0 Å². The van der Waals surface area contributed by atoms with Crippen molar-refractivity contribution in [2.24, 2.45) is 0 Å². The Hall–Kier alpha value is -0.960. The topological polar surface area (TPSA) is 35.0 Å². The molecular formula is C9H14N2O. The summed E-state index contributed by atoms with van der Waals surface area (Å²) >= 11 is 0. The van der Waals surface area contributed by atoms with E-state index in [1.807, 2.05) is 12.1 Å². The van der Waals surface area contributed by atoms with E-state index >= 15 is 0 Å². The van der Waals surface area contributed by atoms with Crippen LogP contribution in [-0.2, 0) is 11.3 Å². The molecule has 0 N–H and O–H groups in total. The Morgan fingerprint density at radius 2 is 2.08 bits per heavy atom. The first-order valence-electron chi connectivity index (χ1n) is 4.05. The maximum atomic E-state index is 4.93. The minimum Gasteiger partial charge on any atom is -0.378 e. The zero-order valence-electron chi connectivity index (χ0n) is 7.74. The van der Waals surface area contributed by atoms with Crippen molar-refractivity contribution in [3.63, 3.8) is 0 Å². The molecule has 0 saturated heterocycles. The summed E-state index contributed by atoms with van der Waals surface area (Å²) in [5.41, 5.74) is 1.90. The van der Waals surface area contributed by atoms with Gasteiger partial charge in [0.05, 0.1) is 18.0 Å². The van der Waals surface area contributed by atoms with Gasteiger partial charge in [-0.2, -0.15) is 10.2 Å². The first-order chi connectivity index (χ1) is 5.74. The highest BCUT2D eigenvalue weighted by atomic mass is 16.5. The highest BCUT2D eigenvalue weighted by Crippen LogP contribution is 2.09. The average molecular weight is 166 g/mol. The summed E-state index contributed by atoms with van der Waals surface area (Å²) in [7, 11) is 1.65. The molecule has 1 aromatic heterocycles. The quantitative estimate of drug-likeness (QED) is 0.686. The predicted octanol–water partition coefficient (Wildman–Crippen LogP) is 1.75. The molecule has 0 saturated carbocycles. The van der Waals surface area contributed by atoms with Gasteiger partial charge in [0, 0.05) is 7.11 Å². The molecule has 1 aromatic rings. The zero-order valence-corrected chi connectivity index (χ0v) is 7.74. The Morgan fingerprint density at radius 3 is 2.50 bits per heavy atom. The number of hydrogen-bond acceptors (Lipinski definition) is 3. The predicted molar refractivity (Wildman–Crippen MR) is 46.8 cm³/mol. The highest BCUT2D eigenvalue weighted by Gasteiger charge is 2.00. The molecule has 0 bridgehead atoms. The van der Waals surface area contributed by atoms with Crippen LogP contribution in [-0.4, -0.2) is 17.3 Å². The Bertz CT molecular complexity index is 231. The Balaban J connectivity index is 2.71. The molecule has 3 heteroatoms. The smallest absolute Gasteiger partial charge is 0.0902 e. The molecular weight excluding hydrogens is 152 g/mol. The van der Waals surface area contributed by atoms with Gasteiger partial charge in [0.2, 0.25) is 0 Å². The summed E-state index contributed by atoms with van der Waals surface area (Å²) in [6.45, 7) is 4.73. The monoisotopic (exact) mass is 166 g/mol. The van der Waals surface area contributed by atoms with E-state index in [0.717, 1.165) is 11.4 Å². The normalized spacial score (nSPS) is 10.7. The van der Waals surface area contributed by atoms with Crippen molar-refractivity contribution in [2.75, 3.05) is 7.11 Å². The lowest BCUT2D eigenvalue weighted by molar-refractivity contribution is 0.180. The standard InChI is InChI=1S/C9H14N2O/c1-7(2)9-5-4-8(6-12-3)10-11-9/h4-5,7H,6H2,1-3H3. The number of hydrogen-bond donors (Lipinski definition) is 0. The summed E-state index contributed by atoms with van der Waals surface area (Å²) in [5.74, 6) is 0.439. The molecule has 0 unspecified atom stereocenters. The largest absolute Gasteiger partial charge is 0.378 e. The molecule has 0 aliphatic rings. The lowest BCUT2D eigenvalue weighted by atomic mass is 10.1. The van der Waals surface area contributed by atoms with Gasteiger partial charge in [0.25, 0.3) is 0 Å². The van der Waals surface area contributed by atoms with Crippen molar-refractivity contribution in [1.29, 1.82) is 0 Å². The first-order valence-corrected chi connectivity index (χ1v) is 4.05. The molecule has 0 fully saturated rings. The second-order valence-corrected chi connectivity index (χ2v) is 3.04. The van der Waals surface area contributed by atoms with Crippen molar-refractivity contribution in [1.82, 2.24) is 10.2 Å². The summed E-state index contributed by atoms with van der Waals surface area (Å²) in [6, 6.07) is 3.94. The van der Waals surface area contributed by atoms with Crippen LogP contribution in [0.1, 0.15) is 31.2 Å². The number of nitrogens with zero attached hydrogens (tertiary/aromatic N) is 2. The summed E-state index contributed by atoms with van der Waals surface area (Å²) in [5, 5.41) is 8.08. The minimum atomic E-state index is 0.439. The van der Waals surface area contributed by atoms with Crippen LogP contribution in [0.5, 0.6) is 0 Å². The fourth-order valence-corrected chi connectivity index (χ4v) is 0.903. The summed E-state index contributed by atoms with van der Waals surface area (Å²) < 4.78 is 4.93. The van der Waals surface area contributed by atoms with Crippen molar-refractivity contribution < 1.29 is 4.74 Å². The summed E-state index contributed by atoms with van der Waals surface area (Å²) in [6.07, 6.45) is 0. The van der Waals surface area contributed by atoms with Crippen LogP contribution >= 0.6 is 0 Å². The Morgan fingerprint density at radius 1 is 1.33 bits per heavy atom.